The lowest BCUT2D eigenvalue weighted by Gasteiger charge is -2.31. The number of aromatic nitrogens is 2. The van der Waals surface area contributed by atoms with Crippen LogP contribution < -0.4 is 5.32 Å². The largest absolute Gasteiger partial charge is 0.445 e. The molecule has 19 heavy (non-hydrogen) atoms. The normalized spacial score (nSPS) is 24.4. The summed E-state index contributed by atoms with van der Waals surface area (Å²) in [5, 5.41) is 9.78. The Morgan fingerprint density at radius 2 is 2.05 bits per heavy atom. The van der Waals surface area contributed by atoms with Gasteiger partial charge in [-0.2, -0.15) is 24.9 Å². The highest BCUT2D eigenvalue weighted by atomic mass is 32.2. The maximum absolute atomic E-state index is 12.5. The second kappa shape index (κ2) is 6.30. The van der Waals surface area contributed by atoms with Crippen LogP contribution in [0.25, 0.3) is 0 Å². The van der Waals surface area contributed by atoms with Crippen LogP contribution in [0.5, 0.6) is 0 Å². The Kier molecular flexibility index (Phi) is 4.94. The highest BCUT2D eigenvalue weighted by Crippen LogP contribution is 2.35. The molecule has 2 atom stereocenters. The standard InChI is InChI=1S/C11H16F3N3S2/c1-2-18-8-6-4-3-5-7(8)15-10-17-16-9(19-10)11(12,13)14/h7-8H,2-6H2,1H3,(H,15,17). The molecule has 1 heterocycles. The van der Waals surface area contributed by atoms with Gasteiger partial charge in [-0.1, -0.05) is 31.1 Å². The summed E-state index contributed by atoms with van der Waals surface area (Å²) in [6.45, 7) is 2.10. The van der Waals surface area contributed by atoms with E-state index in [0.29, 0.717) is 16.6 Å². The first-order valence-corrected chi connectivity index (χ1v) is 8.16. The monoisotopic (exact) mass is 311 g/mol. The summed E-state index contributed by atoms with van der Waals surface area (Å²) in [7, 11) is 0. The summed E-state index contributed by atoms with van der Waals surface area (Å²) >= 11 is 2.45. The van der Waals surface area contributed by atoms with Gasteiger partial charge in [0, 0.05) is 11.3 Å². The highest BCUT2D eigenvalue weighted by molar-refractivity contribution is 7.99. The van der Waals surface area contributed by atoms with E-state index in [1.807, 2.05) is 11.8 Å². The average molecular weight is 311 g/mol. The minimum atomic E-state index is -4.40. The van der Waals surface area contributed by atoms with Crippen LogP contribution in [-0.4, -0.2) is 27.2 Å². The van der Waals surface area contributed by atoms with Gasteiger partial charge in [0.2, 0.25) is 10.1 Å². The van der Waals surface area contributed by atoms with Crippen molar-refractivity contribution in [2.24, 2.45) is 0 Å². The minimum Gasteiger partial charge on any atom is -0.356 e. The third kappa shape index (κ3) is 3.98. The molecule has 0 saturated heterocycles. The van der Waals surface area contributed by atoms with Crippen molar-refractivity contribution in [1.82, 2.24) is 10.2 Å². The molecular weight excluding hydrogens is 295 g/mol. The lowest BCUT2D eigenvalue weighted by atomic mass is 9.95. The van der Waals surface area contributed by atoms with Gasteiger partial charge >= 0.3 is 6.18 Å². The third-order valence-electron chi connectivity index (χ3n) is 3.06. The lowest BCUT2D eigenvalue weighted by Crippen LogP contribution is -2.34. The lowest BCUT2D eigenvalue weighted by molar-refractivity contribution is -0.138. The van der Waals surface area contributed by atoms with Gasteiger partial charge < -0.3 is 5.32 Å². The van der Waals surface area contributed by atoms with Crippen LogP contribution in [0.3, 0.4) is 0 Å². The molecule has 1 saturated carbocycles. The number of hydrogen-bond donors (Lipinski definition) is 1. The van der Waals surface area contributed by atoms with Gasteiger partial charge in [-0.15, -0.1) is 10.2 Å². The van der Waals surface area contributed by atoms with E-state index in [4.69, 9.17) is 0 Å². The first-order valence-electron chi connectivity index (χ1n) is 6.29. The highest BCUT2D eigenvalue weighted by Gasteiger charge is 2.36. The Bertz CT molecular complexity index is 406. The molecule has 1 fully saturated rings. The van der Waals surface area contributed by atoms with Crippen LogP contribution in [0, 0.1) is 0 Å². The van der Waals surface area contributed by atoms with Crippen molar-refractivity contribution in [1.29, 1.82) is 0 Å². The molecule has 1 aromatic heterocycles. The first kappa shape index (κ1) is 14.9. The van der Waals surface area contributed by atoms with Crippen LogP contribution in [0.1, 0.15) is 37.6 Å². The fraction of sp³-hybridized carbons (Fsp3) is 0.818. The van der Waals surface area contributed by atoms with E-state index >= 15 is 0 Å². The summed E-state index contributed by atoms with van der Waals surface area (Å²) in [4.78, 5) is 0. The Labute approximate surface area is 118 Å². The number of rotatable bonds is 4. The molecule has 1 aliphatic rings. The van der Waals surface area contributed by atoms with E-state index in [1.165, 1.54) is 6.42 Å². The Balaban J connectivity index is 2.00. The molecule has 0 aromatic carbocycles. The molecule has 0 spiro atoms. The van der Waals surface area contributed by atoms with Crippen molar-refractivity contribution in [2.75, 3.05) is 11.1 Å². The fourth-order valence-electron chi connectivity index (χ4n) is 2.23. The molecule has 3 nitrogen and oxygen atoms in total. The van der Waals surface area contributed by atoms with Crippen molar-refractivity contribution in [2.45, 2.75) is 50.1 Å². The van der Waals surface area contributed by atoms with Crippen molar-refractivity contribution in [3.05, 3.63) is 5.01 Å². The van der Waals surface area contributed by atoms with Gasteiger partial charge in [0.25, 0.3) is 0 Å². The van der Waals surface area contributed by atoms with Crippen LogP contribution in [0.15, 0.2) is 0 Å². The van der Waals surface area contributed by atoms with Gasteiger partial charge in [0.05, 0.1) is 0 Å². The predicted octanol–water partition coefficient (Wildman–Crippen LogP) is 4.03. The SMILES string of the molecule is CCSC1CCCCC1Nc1nnc(C(F)(F)F)s1. The molecule has 108 valence electrons. The first-order chi connectivity index (χ1) is 9.00. The molecule has 1 aliphatic carbocycles. The van der Waals surface area contributed by atoms with Crippen molar-refractivity contribution < 1.29 is 13.2 Å². The molecule has 0 amide bonds. The summed E-state index contributed by atoms with van der Waals surface area (Å²) in [5.74, 6) is 1.02. The number of anilines is 1. The van der Waals surface area contributed by atoms with Crippen LogP contribution in [0.4, 0.5) is 18.3 Å². The van der Waals surface area contributed by atoms with Crippen LogP contribution in [-0.2, 0) is 6.18 Å². The molecule has 2 rings (SSSR count). The number of hydrogen-bond acceptors (Lipinski definition) is 5. The maximum atomic E-state index is 12.5. The molecular formula is C11H16F3N3S2. The zero-order chi connectivity index (χ0) is 13.9. The Morgan fingerprint density at radius 3 is 2.68 bits per heavy atom. The van der Waals surface area contributed by atoms with Gasteiger partial charge in [0.15, 0.2) is 0 Å². The van der Waals surface area contributed by atoms with Crippen molar-refractivity contribution >= 4 is 28.2 Å². The summed E-state index contributed by atoms with van der Waals surface area (Å²) < 4.78 is 37.4. The van der Waals surface area contributed by atoms with Gasteiger partial charge in [-0.3, -0.25) is 0 Å². The molecule has 1 aromatic rings. The van der Waals surface area contributed by atoms with Crippen LogP contribution >= 0.6 is 23.1 Å². The zero-order valence-corrected chi connectivity index (χ0v) is 12.2. The number of halogens is 3. The summed E-state index contributed by atoms with van der Waals surface area (Å²) in [6, 6.07) is 0.202. The van der Waals surface area contributed by atoms with E-state index < -0.39 is 11.2 Å². The fourth-order valence-corrected chi connectivity index (χ4v) is 4.10. The number of nitrogens with zero attached hydrogens (tertiary/aromatic N) is 2. The topological polar surface area (TPSA) is 37.8 Å². The van der Waals surface area contributed by atoms with E-state index in [-0.39, 0.29) is 11.2 Å². The Morgan fingerprint density at radius 1 is 1.32 bits per heavy atom. The third-order valence-corrected chi connectivity index (χ3v) is 5.28. The molecule has 2 unspecified atom stereocenters. The van der Waals surface area contributed by atoms with Crippen molar-refractivity contribution in [3.63, 3.8) is 0 Å². The zero-order valence-electron chi connectivity index (χ0n) is 10.5. The predicted molar refractivity (Wildman–Crippen MR) is 72.7 cm³/mol. The van der Waals surface area contributed by atoms with Crippen LogP contribution in [0.2, 0.25) is 0 Å². The molecule has 0 bridgehead atoms. The van der Waals surface area contributed by atoms with Gasteiger partial charge in [0.1, 0.15) is 0 Å². The second-order valence-electron chi connectivity index (χ2n) is 4.44. The molecule has 0 radical (unpaired) electrons. The quantitative estimate of drug-likeness (QED) is 0.911. The summed E-state index contributed by atoms with van der Waals surface area (Å²) in [5.41, 5.74) is 0. The number of nitrogens with one attached hydrogen (secondary N) is 1. The van der Waals surface area contributed by atoms with E-state index in [1.54, 1.807) is 0 Å². The summed E-state index contributed by atoms with van der Waals surface area (Å²) in [6.07, 6.45) is 0.00454. The van der Waals surface area contributed by atoms with E-state index in [2.05, 4.69) is 22.4 Å². The number of alkyl halides is 3. The Hall–Kier alpha value is -0.500. The number of thioether (sulfide) groups is 1. The van der Waals surface area contributed by atoms with Gasteiger partial charge in [-0.05, 0) is 18.6 Å². The smallest absolute Gasteiger partial charge is 0.356 e. The average Bonchev–Trinajstić information content (AvgIpc) is 2.80. The molecule has 1 N–H and O–H groups in total. The van der Waals surface area contributed by atoms with E-state index in [0.717, 1.165) is 25.0 Å². The van der Waals surface area contributed by atoms with Crippen molar-refractivity contribution in [3.8, 4) is 0 Å². The molecule has 0 aliphatic heterocycles. The maximum Gasteiger partial charge on any atom is 0.445 e. The van der Waals surface area contributed by atoms with Gasteiger partial charge in [-0.25, -0.2) is 0 Å². The second-order valence-corrected chi connectivity index (χ2v) is 6.93. The minimum absolute atomic E-state index is 0.202. The van der Waals surface area contributed by atoms with E-state index in [9.17, 15) is 13.2 Å². The molecule has 8 heteroatoms.